The zero-order valence-electron chi connectivity index (χ0n) is 22.7. The van der Waals surface area contributed by atoms with E-state index in [9.17, 15) is 0 Å². The maximum atomic E-state index is 9.04. The van der Waals surface area contributed by atoms with E-state index in [4.69, 9.17) is 14.6 Å². The van der Waals surface area contributed by atoms with Crippen molar-refractivity contribution >= 4 is 66.2 Å². The fourth-order valence-electron chi connectivity index (χ4n) is 3.87. The molecule has 0 aliphatic carbocycles. The topological polar surface area (TPSA) is 114 Å². The van der Waals surface area contributed by atoms with Gasteiger partial charge in [0.2, 0.25) is 0 Å². The Hall–Kier alpha value is -2.08. The van der Waals surface area contributed by atoms with Crippen molar-refractivity contribution in [2.24, 2.45) is 9.98 Å². The fourth-order valence-corrected chi connectivity index (χ4v) is 6.66. The van der Waals surface area contributed by atoms with Crippen molar-refractivity contribution in [3.63, 3.8) is 0 Å². The van der Waals surface area contributed by atoms with Crippen LogP contribution in [0.2, 0.25) is 0 Å². The summed E-state index contributed by atoms with van der Waals surface area (Å²) in [4.78, 5) is 22.1. The third-order valence-corrected chi connectivity index (χ3v) is 8.68. The minimum atomic E-state index is -0.0877. The quantitative estimate of drug-likeness (QED) is 0.268. The molecule has 0 unspecified atom stereocenters. The lowest BCUT2D eigenvalue weighted by Gasteiger charge is -2.26. The largest absolute Gasteiger partial charge is 0.390 e. The number of methoxy groups -OCH3 is 2. The molecule has 0 amide bonds. The van der Waals surface area contributed by atoms with E-state index >= 15 is 0 Å². The zero-order chi connectivity index (χ0) is 29.0. The number of hydrogen-bond donors (Lipinski definition) is 2. The van der Waals surface area contributed by atoms with Crippen LogP contribution in [-0.4, -0.2) is 69.5 Å². The number of aliphatic hydroxyl groups is 1. The Bertz CT molecular complexity index is 1530. The third-order valence-electron chi connectivity index (χ3n) is 5.68. The second kappa shape index (κ2) is 16.5. The predicted octanol–water partition coefficient (Wildman–Crippen LogP) is 3.98. The summed E-state index contributed by atoms with van der Waals surface area (Å²) in [6, 6.07) is 11.4. The first-order chi connectivity index (χ1) is 20.0. The van der Waals surface area contributed by atoms with Crippen molar-refractivity contribution in [1.29, 1.82) is 0 Å². The number of hydrogen-bond acceptors (Lipinski definition) is 11. The first-order valence-corrected chi connectivity index (χ1v) is 15.9. The molecule has 0 bridgehead atoms. The standard InChI is InChI=1S/C15H20BrN5OS.C11H12BrN3O2S/c1-22-11-21-10-13(16)23-15(21)19-14-4-2-3-12(18-14)9-20-7-5-17-6-8-20;1-17-7-15-5-9(12)18-11(15)14-10-4-2-3-8(6-16)13-10/h2-4,10,17H,5-9,11H2,1H3;2-5,16H,6-7H2,1H3. The molecule has 1 fully saturated rings. The van der Waals surface area contributed by atoms with Crippen molar-refractivity contribution in [3.05, 3.63) is 77.4 Å². The highest BCUT2D eigenvalue weighted by Gasteiger charge is 2.11. The van der Waals surface area contributed by atoms with Crippen molar-refractivity contribution in [2.45, 2.75) is 26.6 Å². The predicted molar refractivity (Wildman–Crippen MR) is 167 cm³/mol. The van der Waals surface area contributed by atoms with E-state index in [1.165, 1.54) is 11.3 Å². The lowest BCUT2D eigenvalue weighted by Crippen LogP contribution is -2.43. The first kappa shape index (κ1) is 31.8. The van der Waals surface area contributed by atoms with Gasteiger partial charge in [-0.1, -0.05) is 34.8 Å². The lowest BCUT2D eigenvalue weighted by atomic mass is 10.3. The third kappa shape index (κ3) is 10.0. The van der Waals surface area contributed by atoms with Crippen molar-refractivity contribution < 1.29 is 14.6 Å². The minimum Gasteiger partial charge on any atom is -0.390 e. The highest BCUT2D eigenvalue weighted by atomic mass is 79.9. The molecule has 1 aliphatic rings. The van der Waals surface area contributed by atoms with Gasteiger partial charge >= 0.3 is 0 Å². The number of nitrogens with zero attached hydrogens (tertiary/aromatic N) is 7. The van der Waals surface area contributed by atoms with Crippen LogP contribution >= 0.6 is 54.5 Å². The number of halogens is 2. The Morgan fingerprint density at radius 2 is 1.37 bits per heavy atom. The SMILES string of the molecule is COCn1cc(Br)sc1=Nc1cccc(CN2CCNCC2)n1.COCn1cc(Br)sc1=Nc1cccc(CO)n1. The molecule has 0 radical (unpaired) electrons. The molecule has 1 aliphatic heterocycles. The number of nitrogens with one attached hydrogen (secondary N) is 1. The van der Waals surface area contributed by atoms with E-state index in [0.29, 0.717) is 25.0 Å². The zero-order valence-corrected chi connectivity index (χ0v) is 27.5. The number of aromatic nitrogens is 4. The van der Waals surface area contributed by atoms with Gasteiger partial charge < -0.3 is 19.9 Å². The lowest BCUT2D eigenvalue weighted by molar-refractivity contribution is 0.129. The van der Waals surface area contributed by atoms with Gasteiger partial charge in [-0.3, -0.25) is 14.0 Å². The van der Waals surface area contributed by atoms with Crippen molar-refractivity contribution in [2.75, 3.05) is 40.4 Å². The molecule has 4 aromatic heterocycles. The number of ether oxygens (including phenoxy) is 2. The smallest absolute Gasteiger partial charge is 0.194 e. The van der Waals surface area contributed by atoms with Gasteiger partial charge in [-0.2, -0.15) is 0 Å². The Morgan fingerprint density at radius 1 is 0.854 bits per heavy atom. The van der Waals surface area contributed by atoms with Crippen LogP contribution < -0.4 is 14.9 Å². The average Bonchev–Trinajstić information content (AvgIpc) is 3.50. The second-order valence-electron chi connectivity index (χ2n) is 8.79. The van der Waals surface area contributed by atoms with Crippen LogP contribution in [0.25, 0.3) is 0 Å². The van der Waals surface area contributed by atoms with Crippen LogP contribution in [0.1, 0.15) is 11.4 Å². The molecule has 41 heavy (non-hydrogen) atoms. The Morgan fingerprint density at radius 3 is 1.88 bits per heavy atom. The molecule has 4 aromatic rings. The molecule has 0 atom stereocenters. The number of rotatable bonds is 9. The highest BCUT2D eigenvalue weighted by molar-refractivity contribution is 9.11. The van der Waals surface area contributed by atoms with E-state index < -0.39 is 0 Å². The molecule has 2 N–H and O–H groups in total. The van der Waals surface area contributed by atoms with Gasteiger partial charge in [0.05, 0.1) is 25.6 Å². The van der Waals surface area contributed by atoms with Crippen LogP contribution in [0.4, 0.5) is 11.6 Å². The van der Waals surface area contributed by atoms with Gasteiger partial charge in [0.25, 0.3) is 0 Å². The molecule has 11 nitrogen and oxygen atoms in total. The minimum absolute atomic E-state index is 0.0877. The molecule has 1 saturated heterocycles. The van der Waals surface area contributed by atoms with Gasteiger partial charge in [-0.05, 0) is 56.1 Å². The fraction of sp³-hybridized carbons (Fsp3) is 0.385. The van der Waals surface area contributed by atoms with E-state index in [1.807, 2.05) is 39.7 Å². The second-order valence-corrected chi connectivity index (χ2v) is 13.6. The van der Waals surface area contributed by atoms with Gasteiger partial charge in [0.15, 0.2) is 21.2 Å². The monoisotopic (exact) mass is 726 g/mol. The molecule has 5 rings (SSSR count). The highest BCUT2D eigenvalue weighted by Crippen LogP contribution is 2.16. The van der Waals surface area contributed by atoms with Crippen LogP contribution in [0.3, 0.4) is 0 Å². The summed E-state index contributed by atoms with van der Waals surface area (Å²) in [5.74, 6) is 1.30. The summed E-state index contributed by atoms with van der Waals surface area (Å²) in [6.45, 7) is 5.91. The number of piperazine rings is 1. The number of thiazole rings is 2. The molecular formula is C26H32Br2N8O3S2. The van der Waals surface area contributed by atoms with Crippen LogP contribution in [-0.2, 0) is 36.1 Å². The van der Waals surface area contributed by atoms with E-state index in [1.54, 1.807) is 37.7 Å². The van der Waals surface area contributed by atoms with Crippen LogP contribution in [0, 0.1) is 0 Å². The van der Waals surface area contributed by atoms with Gasteiger partial charge in [-0.15, -0.1) is 0 Å². The number of pyridine rings is 2. The van der Waals surface area contributed by atoms with Gasteiger partial charge in [-0.25, -0.2) is 20.0 Å². The average molecular weight is 729 g/mol. The summed E-state index contributed by atoms with van der Waals surface area (Å²) >= 11 is 9.97. The maximum absolute atomic E-state index is 9.04. The first-order valence-electron chi connectivity index (χ1n) is 12.7. The van der Waals surface area contributed by atoms with Crippen molar-refractivity contribution in [1.82, 2.24) is 29.3 Å². The summed E-state index contributed by atoms with van der Waals surface area (Å²) in [5, 5.41) is 12.4. The Labute approximate surface area is 263 Å². The normalized spacial score (nSPS) is 14.8. The molecule has 15 heteroatoms. The molecule has 220 valence electrons. The summed E-state index contributed by atoms with van der Waals surface area (Å²) in [6.07, 6.45) is 3.88. The van der Waals surface area contributed by atoms with Crippen LogP contribution in [0.15, 0.2) is 66.3 Å². The Kier molecular flexibility index (Phi) is 12.8. The van der Waals surface area contributed by atoms with Gasteiger partial charge in [0, 0.05) is 59.3 Å². The summed E-state index contributed by atoms with van der Waals surface area (Å²) in [5.41, 5.74) is 1.66. The molecule has 0 spiro atoms. The van der Waals surface area contributed by atoms with E-state index in [-0.39, 0.29) is 6.61 Å². The molecular weight excluding hydrogens is 696 g/mol. The van der Waals surface area contributed by atoms with E-state index in [2.05, 4.69) is 68.1 Å². The maximum Gasteiger partial charge on any atom is 0.194 e. The van der Waals surface area contributed by atoms with Crippen molar-refractivity contribution in [3.8, 4) is 0 Å². The van der Waals surface area contributed by atoms with E-state index in [0.717, 1.165) is 61.4 Å². The number of aliphatic hydroxyl groups excluding tert-OH is 1. The molecule has 0 aromatic carbocycles. The molecule has 0 saturated carbocycles. The Balaban J connectivity index is 0.000000195. The van der Waals surface area contributed by atoms with Gasteiger partial charge in [0.1, 0.15) is 13.5 Å². The van der Waals surface area contributed by atoms with Crippen LogP contribution in [0.5, 0.6) is 0 Å². The molecule has 5 heterocycles. The summed E-state index contributed by atoms with van der Waals surface area (Å²) < 4.78 is 16.1. The summed E-state index contributed by atoms with van der Waals surface area (Å²) in [7, 11) is 3.31.